The number of nitrogens with zero attached hydrogens (tertiary/aromatic N) is 1. The fourth-order valence-corrected chi connectivity index (χ4v) is 5.27. The van der Waals surface area contributed by atoms with Gasteiger partial charge in [0.15, 0.2) is 0 Å². The Balaban J connectivity index is 1.58. The zero-order valence-corrected chi connectivity index (χ0v) is 17.1. The Labute approximate surface area is 166 Å². The number of amides is 1. The van der Waals surface area contributed by atoms with Crippen LogP contribution < -0.4 is 9.62 Å². The van der Waals surface area contributed by atoms with Gasteiger partial charge in [-0.2, -0.15) is 0 Å². The van der Waals surface area contributed by atoms with Gasteiger partial charge < -0.3 is 4.90 Å². The highest BCUT2D eigenvalue weighted by Gasteiger charge is 2.36. The van der Waals surface area contributed by atoms with E-state index >= 15 is 0 Å². The quantitative estimate of drug-likeness (QED) is 0.806. The van der Waals surface area contributed by atoms with Gasteiger partial charge >= 0.3 is 0 Å². The van der Waals surface area contributed by atoms with E-state index in [0.29, 0.717) is 19.4 Å². The summed E-state index contributed by atoms with van der Waals surface area (Å²) in [7, 11) is -3.65. The molecule has 148 valence electrons. The van der Waals surface area contributed by atoms with Crippen molar-refractivity contribution in [2.24, 2.45) is 5.92 Å². The SMILES string of the molecule is CC[C@@H](NS(=O)(=O)c1ccc2c(c1)CCN2C(=O)C1CC1)c1ccccc1C. The first kappa shape index (κ1) is 19.2. The van der Waals surface area contributed by atoms with E-state index in [-0.39, 0.29) is 22.8 Å². The Morgan fingerprint density at radius 2 is 1.96 bits per heavy atom. The topological polar surface area (TPSA) is 66.5 Å². The van der Waals surface area contributed by atoms with E-state index in [9.17, 15) is 13.2 Å². The van der Waals surface area contributed by atoms with Gasteiger partial charge in [-0.25, -0.2) is 13.1 Å². The van der Waals surface area contributed by atoms with Crippen LogP contribution in [0.1, 0.15) is 48.9 Å². The minimum atomic E-state index is -3.65. The first-order valence-electron chi connectivity index (χ1n) is 9.93. The molecule has 2 aromatic carbocycles. The molecular weight excluding hydrogens is 372 g/mol. The summed E-state index contributed by atoms with van der Waals surface area (Å²) in [5.41, 5.74) is 3.86. The number of anilines is 1. The number of benzene rings is 2. The van der Waals surface area contributed by atoms with Gasteiger partial charge in [-0.05, 0) is 67.5 Å². The number of rotatable bonds is 6. The number of aryl methyl sites for hydroxylation is 1. The van der Waals surface area contributed by atoms with Crippen molar-refractivity contribution in [3.63, 3.8) is 0 Å². The maximum atomic E-state index is 13.0. The molecule has 1 aliphatic heterocycles. The molecule has 1 atom stereocenters. The van der Waals surface area contributed by atoms with Crippen LogP contribution in [-0.2, 0) is 21.2 Å². The molecule has 1 fully saturated rings. The van der Waals surface area contributed by atoms with Crippen LogP contribution in [0.3, 0.4) is 0 Å². The summed E-state index contributed by atoms with van der Waals surface area (Å²) in [4.78, 5) is 14.5. The highest BCUT2D eigenvalue weighted by atomic mass is 32.2. The molecule has 0 bridgehead atoms. The highest BCUT2D eigenvalue weighted by molar-refractivity contribution is 7.89. The normalized spacial score (nSPS) is 17.4. The summed E-state index contributed by atoms with van der Waals surface area (Å²) >= 11 is 0. The predicted octanol–water partition coefficient (Wildman–Crippen LogP) is 3.72. The first-order chi connectivity index (χ1) is 13.4. The van der Waals surface area contributed by atoms with Crippen molar-refractivity contribution >= 4 is 21.6 Å². The molecule has 1 heterocycles. The van der Waals surface area contributed by atoms with Crippen LogP contribution >= 0.6 is 0 Å². The lowest BCUT2D eigenvalue weighted by molar-refractivity contribution is -0.119. The Morgan fingerprint density at radius 3 is 2.64 bits per heavy atom. The molecule has 5 nitrogen and oxygen atoms in total. The van der Waals surface area contributed by atoms with E-state index in [1.54, 1.807) is 18.2 Å². The van der Waals surface area contributed by atoms with Crippen molar-refractivity contribution in [3.05, 3.63) is 59.2 Å². The summed E-state index contributed by atoms with van der Waals surface area (Å²) in [5, 5.41) is 0. The minimum Gasteiger partial charge on any atom is -0.312 e. The van der Waals surface area contributed by atoms with Crippen molar-refractivity contribution in [2.75, 3.05) is 11.4 Å². The van der Waals surface area contributed by atoms with Gasteiger partial charge in [0.25, 0.3) is 0 Å². The van der Waals surface area contributed by atoms with Crippen molar-refractivity contribution in [1.29, 1.82) is 0 Å². The number of carbonyl (C=O) groups is 1. The van der Waals surface area contributed by atoms with E-state index in [4.69, 9.17) is 0 Å². The lowest BCUT2D eigenvalue weighted by Gasteiger charge is -2.20. The highest BCUT2D eigenvalue weighted by Crippen LogP contribution is 2.37. The van der Waals surface area contributed by atoms with Gasteiger partial charge in [0.05, 0.1) is 4.90 Å². The van der Waals surface area contributed by atoms with E-state index in [1.807, 2.05) is 43.0 Å². The second-order valence-electron chi connectivity index (χ2n) is 7.74. The molecule has 2 aliphatic rings. The first-order valence-corrected chi connectivity index (χ1v) is 11.4. The molecule has 4 rings (SSSR count). The second-order valence-corrected chi connectivity index (χ2v) is 9.46. The zero-order valence-electron chi connectivity index (χ0n) is 16.3. The third-order valence-corrected chi connectivity index (χ3v) is 7.19. The Hall–Kier alpha value is -2.18. The maximum absolute atomic E-state index is 13.0. The fourth-order valence-electron chi connectivity index (χ4n) is 3.92. The summed E-state index contributed by atoms with van der Waals surface area (Å²) in [5.74, 6) is 0.341. The van der Waals surface area contributed by atoms with Gasteiger partial charge in [-0.15, -0.1) is 0 Å². The molecule has 0 aromatic heterocycles. The molecule has 0 saturated heterocycles. The maximum Gasteiger partial charge on any atom is 0.241 e. The molecule has 2 aromatic rings. The predicted molar refractivity (Wildman–Crippen MR) is 110 cm³/mol. The number of fused-ring (bicyclic) bond motifs is 1. The van der Waals surface area contributed by atoms with Gasteiger partial charge in [0.2, 0.25) is 15.9 Å². The molecule has 6 heteroatoms. The summed E-state index contributed by atoms with van der Waals surface area (Å²) in [6.07, 6.45) is 3.31. The van der Waals surface area contributed by atoms with Crippen LogP contribution in [0.5, 0.6) is 0 Å². The minimum absolute atomic E-state index is 0.162. The van der Waals surface area contributed by atoms with E-state index in [0.717, 1.165) is 35.2 Å². The molecule has 1 N–H and O–H groups in total. The molecule has 1 aliphatic carbocycles. The van der Waals surface area contributed by atoms with Crippen LogP contribution in [0.15, 0.2) is 47.4 Å². The van der Waals surface area contributed by atoms with Crippen molar-refractivity contribution < 1.29 is 13.2 Å². The largest absolute Gasteiger partial charge is 0.312 e. The van der Waals surface area contributed by atoms with Crippen LogP contribution in [0.4, 0.5) is 5.69 Å². The van der Waals surface area contributed by atoms with Crippen LogP contribution in [0, 0.1) is 12.8 Å². The van der Waals surface area contributed by atoms with E-state index < -0.39 is 10.0 Å². The van der Waals surface area contributed by atoms with E-state index in [1.165, 1.54) is 0 Å². The van der Waals surface area contributed by atoms with Gasteiger partial charge in [-0.1, -0.05) is 31.2 Å². The third kappa shape index (κ3) is 3.59. The molecule has 0 unspecified atom stereocenters. The average molecular weight is 399 g/mol. The van der Waals surface area contributed by atoms with Gasteiger partial charge in [0, 0.05) is 24.2 Å². The molecule has 0 spiro atoms. The summed E-state index contributed by atoms with van der Waals surface area (Å²) < 4.78 is 28.9. The number of hydrogen-bond donors (Lipinski definition) is 1. The lowest BCUT2D eigenvalue weighted by atomic mass is 10.0. The molecule has 1 saturated carbocycles. The number of nitrogens with one attached hydrogen (secondary N) is 1. The third-order valence-electron chi connectivity index (χ3n) is 5.72. The number of hydrogen-bond acceptors (Lipinski definition) is 3. The van der Waals surface area contributed by atoms with Crippen LogP contribution in [0.25, 0.3) is 0 Å². The fraction of sp³-hybridized carbons (Fsp3) is 0.409. The van der Waals surface area contributed by atoms with Gasteiger partial charge in [0.1, 0.15) is 0 Å². The smallest absolute Gasteiger partial charge is 0.241 e. The second kappa shape index (κ2) is 7.33. The number of carbonyl (C=O) groups excluding carboxylic acids is 1. The summed E-state index contributed by atoms with van der Waals surface area (Å²) in [6, 6.07) is 12.7. The van der Waals surface area contributed by atoms with Crippen molar-refractivity contribution in [1.82, 2.24) is 4.72 Å². The Bertz CT molecular complexity index is 1010. The van der Waals surface area contributed by atoms with Crippen molar-refractivity contribution in [3.8, 4) is 0 Å². The zero-order chi connectivity index (χ0) is 19.9. The lowest BCUT2D eigenvalue weighted by Crippen LogP contribution is -2.30. The van der Waals surface area contributed by atoms with Crippen LogP contribution in [0.2, 0.25) is 0 Å². The van der Waals surface area contributed by atoms with Crippen molar-refractivity contribution in [2.45, 2.75) is 50.5 Å². The van der Waals surface area contributed by atoms with Gasteiger partial charge in [-0.3, -0.25) is 4.79 Å². The molecule has 0 radical (unpaired) electrons. The molecule has 28 heavy (non-hydrogen) atoms. The standard InChI is InChI=1S/C22H26N2O3S/c1-3-20(19-7-5-4-6-15(19)2)23-28(26,27)18-10-11-21-17(14-18)12-13-24(21)22(25)16-8-9-16/h4-7,10-11,14,16,20,23H,3,8-9,12-13H2,1-2H3/t20-/m1/s1. The molecule has 1 amide bonds. The monoisotopic (exact) mass is 398 g/mol. The van der Waals surface area contributed by atoms with Crippen LogP contribution in [-0.4, -0.2) is 20.9 Å². The summed E-state index contributed by atoms with van der Waals surface area (Å²) in [6.45, 7) is 4.61. The average Bonchev–Trinajstić information content (AvgIpc) is 3.45. The molecular formula is C22H26N2O3S. The Morgan fingerprint density at radius 1 is 1.21 bits per heavy atom. The van der Waals surface area contributed by atoms with E-state index in [2.05, 4.69) is 4.72 Å². The Kier molecular flexibility index (Phi) is 5.02. The number of sulfonamides is 1.